The molecule has 0 radical (unpaired) electrons. The molecular formula is C33H21F7O. The second kappa shape index (κ2) is 12.7. The fraction of sp³-hybridized carbons (Fsp3) is 0.152. The summed E-state index contributed by atoms with van der Waals surface area (Å²) < 4.78 is 103. The van der Waals surface area contributed by atoms with Gasteiger partial charge in [0.05, 0.1) is 11.1 Å². The zero-order valence-electron chi connectivity index (χ0n) is 21.6. The average Bonchev–Trinajstić information content (AvgIpc) is 2.93. The van der Waals surface area contributed by atoms with E-state index in [-0.39, 0.29) is 5.56 Å². The van der Waals surface area contributed by atoms with E-state index in [4.69, 9.17) is 0 Å². The first-order valence-corrected chi connectivity index (χ1v) is 12.5. The van der Waals surface area contributed by atoms with Gasteiger partial charge in [0.15, 0.2) is 17.5 Å². The minimum atomic E-state index is -3.95. The highest BCUT2D eigenvalue weighted by Crippen LogP contribution is 2.33. The summed E-state index contributed by atoms with van der Waals surface area (Å²) in [4.78, 5) is 0. The number of hydrogen-bond donors (Lipinski definition) is 0. The van der Waals surface area contributed by atoms with Crippen molar-refractivity contribution in [1.82, 2.24) is 0 Å². The van der Waals surface area contributed by atoms with Gasteiger partial charge in [-0.2, -0.15) is 8.78 Å². The van der Waals surface area contributed by atoms with Crippen LogP contribution in [-0.4, -0.2) is 0 Å². The number of aryl methyl sites for hydroxylation is 1. The Labute approximate surface area is 232 Å². The molecule has 0 spiro atoms. The predicted molar refractivity (Wildman–Crippen MR) is 141 cm³/mol. The Morgan fingerprint density at radius 1 is 0.634 bits per heavy atom. The van der Waals surface area contributed by atoms with Crippen LogP contribution in [0.15, 0.2) is 72.8 Å². The maximum absolute atomic E-state index is 14.8. The first kappa shape index (κ1) is 29.3. The van der Waals surface area contributed by atoms with Crippen molar-refractivity contribution in [2.24, 2.45) is 0 Å². The highest BCUT2D eigenvalue weighted by Gasteiger charge is 2.35. The van der Waals surface area contributed by atoms with Crippen molar-refractivity contribution in [1.29, 1.82) is 0 Å². The van der Waals surface area contributed by atoms with Crippen LogP contribution < -0.4 is 4.74 Å². The van der Waals surface area contributed by atoms with E-state index < -0.39 is 52.1 Å². The van der Waals surface area contributed by atoms with Crippen molar-refractivity contribution in [3.8, 4) is 29.4 Å². The molecule has 4 aromatic rings. The van der Waals surface area contributed by atoms with Gasteiger partial charge >= 0.3 is 6.11 Å². The second-order valence-electron chi connectivity index (χ2n) is 9.01. The summed E-state index contributed by atoms with van der Waals surface area (Å²) in [5.41, 5.74) is 0.639. The molecule has 1 nitrogen and oxygen atoms in total. The third kappa shape index (κ3) is 7.49. The van der Waals surface area contributed by atoms with Crippen molar-refractivity contribution in [3.05, 3.63) is 135 Å². The van der Waals surface area contributed by atoms with Crippen LogP contribution in [0, 0.1) is 52.8 Å². The highest BCUT2D eigenvalue weighted by molar-refractivity contribution is 5.47. The van der Waals surface area contributed by atoms with Crippen LogP contribution in [0.4, 0.5) is 30.7 Å². The van der Waals surface area contributed by atoms with E-state index in [0.29, 0.717) is 29.8 Å². The number of hydrogen-bond acceptors (Lipinski definition) is 1. The minimum absolute atomic E-state index is 0.388. The molecule has 0 saturated carbocycles. The Bertz CT molecular complexity index is 1620. The topological polar surface area (TPSA) is 9.23 Å². The summed E-state index contributed by atoms with van der Waals surface area (Å²) in [6.07, 6.45) is -0.761. The average molecular weight is 567 g/mol. The molecule has 0 aliphatic carbocycles. The zero-order valence-corrected chi connectivity index (χ0v) is 21.6. The van der Waals surface area contributed by atoms with Crippen molar-refractivity contribution in [2.75, 3.05) is 0 Å². The van der Waals surface area contributed by atoms with Crippen LogP contribution in [0.1, 0.15) is 53.1 Å². The number of unbranched alkanes of at least 4 members (excludes halogenated alkanes) is 1. The Morgan fingerprint density at radius 3 is 1.68 bits per heavy atom. The molecule has 0 saturated heterocycles. The maximum Gasteiger partial charge on any atom is 0.426 e. The predicted octanol–water partition coefficient (Wildman–Crippen LogP) is 8.65. The number of rotatable bonds is 6. The lowest BCUT2D eigenvalue weighted by Gasteiger charge is -2.18. The Balaban J connectivity index is 1.46. The maximum atomic E-state index is 14.8. The molecular weight excluding hydrogens is 545 g/mol. The van der Waals surface area contributed by atoms with E-state index in [1.807, 2.05) is 30.2 Å². The van der Waals surface area contributed by atoms with E-state index in [1.165, 1.54) is 17.7 Å². The summed E-state index contributed by atoms with van der Waals surface area (Å²) in [7, 11) is 0. The van der Waals surface area contributed by atoms with Crippen molar-refractivity contribution >= 4 is 0 Å². The van der Waals surface area contributed by atoms with E-state index in [9.17, 15) is 30.7 Å². The molecule has 0 heterocycles. The lowest BCUT2D eigenvalue weighted by molar-refractivity contribution is -0.185. The molecule has 0 aliphatic rings. The molecule has 0 aromatic heterocycles. The molecule has 0 bridgehead atoms. The molecule has 0 atom stereocenters. The lowest BCUT2D eigenvalue weighted by Crippen LogP contribution is -2.22. The second-order valence-corrected chi connectivity index (χ2v) is 9.01. The fourth-order valence-electron chi connectivity index (χ4n) is 3.73. The van der Waals surface area contributed by atoms with E-state index >= 15 is 0 Å². The third-order valence-corrected chi connectivity index (χ3v) is 5.92. The van der Waals surface area contributed by atoms with Crippen LogP contribution in [0.3, 0.4) is 0 Å². The van der Waals surface area contributed by atoms with Gasteiger partial charge in [-0.1, -0.05) is 49.2 Å². The number of halogens is 7. The van der Waals surface area contributed by atoms with Gasteiger partial charge in [-0.25, -0.2) is 22.0 Å². The van der Waals surface area contributed by atoms with Gasteiger partial charge < -0.3 is 4.74 Å². The zero-order chi connectivity index (χ0) is 29.6. The van der Waals surface area contributed by atoms with Gasteiger partial charge in [-0.05, 0) is 66.9 Å². The number of benzene rings is 4. The van der Waals surface area contributed by atoms with Crippen LogP contribution in [0.2, 0.25) is 0 Å². The molecule has 0 aliphatic heterocycles. The smallest absolute Gasteiger partial charge is 0.426 e. The Hall–Kier alpha value is -4.69. The SMILES string of the molecule is CCCCc1ccc(C#Cc2ccc(C(F)(F)Oc3cc(F)c(C#Cc4cc(F)c(F)c(F)c4)c(F)c3)cc2)cc1. The third-order valence-electron chi connectivity index (χ3n) is 5.92. The summed E-state index contributed by atoms with van der Waals surface area (Å²) in [5, 5.41) is 0. The molecule has 4 rings (SSSR count). The standard InChI is InChI=1S/C33H21F7O/c1-2-3-4-21-5-7-22(8-6-21)9-10-23-11-14-25(15-12-23)33(39,40)41-26-19-28(34)27(29(35)20-26)16-13-24-17-30(36)32(38)31(37)18-24/h5-8,11-12,14-15,17-20H,2-4H2,1H3. The fourth-order valence-corrected chi connectivity index (χ4v) is 3.73. The molecule has 4 aromatic carbocycles. The van der Waals surface area contributed by atoms with Gasteiger partial charge in [-0.3, -0.25) is 0 Å². The molecule has 0 N–H and O–H groups in total. The number of ether oxygens (including phenoxy) is 1. The van der Waals surface area contributed by atoms with Crippen LogP contribution in [-0.2, 0) is 12.5 Å². The van der Waals surface area contributed by atoms with Crippen molar-refractivity contribution < 1.29 is 35.5 Å². The summed E-state index contributed by atoms with van der Waals surface area (Å²) in [5.74, 6) is 1.69. The molecule has 0 unspecified atom stereocenters. The van der Waals surface area contributed by atoms with Gasteiger partial charge in [0.1, 0.15) is 17.4 Å². The van der Waals surface area contributed by atoms with Crippen molar-refractivity contribution in [2.45, 2.75) is 32.3 Å². The summed E-state index contributed by atoms with van der Waals surface area (Å²) >= 11 is 0. The monoisotopic (exact) mass is 566 g/mol. The van der Waals surface area contributed by atoms with Gasteiger partial charge in [-0.15, -0.1) is 0 Å². The van der Waals surface area contributed by atoms with Crippen molar-refractivity contribution in [3.63, 3.8) is 0 Å². The minimum Gasteiger partial charge on any atom is -0.429 e. The van der Waals surface area contributed by atoms with Gasteiger partial charge in [0.25, 0.3) is 0 Å². The summed E-state index contributed by atoms with van der Waals surface area (Å²) in [6.45, 7) is 2.12. The first-order valence-electron chi connectivity index (χ1n) is 12.5. The summed E-state index contributed by atoms with van der Waals surface area (Å²) in [6, 6.07) is 14.8. The highest BCUT2D eigenvalue weighted by atomic mass is 19.3. The van der Waals surface area contributed by atoms with Crippen LogP contribution >= 0.6 is 0 Å². The van der Waals surface area contributed by atoms with Crippen LogP contribution in [0.25, 0.3) is 0 Å². The Morgan fingerprint density at radius 2 is 1.15 bits per heavy atom. The first-order chi connectivity index (χ1) is 19.6. The number of alkyl halides is 2. The molecule has 0 fully saturated rings. The van der Waals surface area contributed by atoms with Crippen LogP contribution in [0.5, 0.6) is 5.75 Å². The Kier molecular flexibility index (Phi) is 9.04. The van der Waals surface area contributed by atoms with E-state index in [1.54, 1.807) is 0 Å². The molecule has 41 heavy (non-hydrogen) atoms. The van der Waals surface area contributed by atoms with E-state index in [0.717, 1.165) is 37.0 Å². The molecule has 8 heteroatoms. The lowest BCUT2D eigenvalue weighted by atomic mass is 10.1. The van der Waals surface area contributed by atoms with Gasteiger partial charge in [0, 0.05) is 28.8 Å². The normalized spacial score (nSPS) is 10.8. The van der Waals surface area contributed by atoms with E-state index in [2.05, 4.69) is 29.4 Å². The quantitative estimate of drug-likeness (QED) is 0.129. The molecule has 0 amide bonds. The van der Waals surface area contributed by atoms with Gasteiger partial charge in [0.2, 0.25) is 0 Å². The molecule has 208 valence electrons. The largest absolute Gasteiger partial charge is 0.429 e.